The Morgan fingerprint density at radius 2 is 1.85 bits per heavy atom. The Labute approximate surface area is 198 Å². The third-order valence-electron chi connectivity index (χ3n) is 6.24. The van der Waals surface area contributed by atoms with E-state index in [1.54, 1.807) is 43.3 Å². The van der Waals surface area contributed by atoms with Crippen LogP contribution in [-0.2, 0) is 9.53 Å². The summed E-state index contributed by atoms with van der Waals surface area (Å²) in [6.45, 7) is 2.21. The predicted molar refractivity (Wildman–Crippen MR) is 128 cm³/mol. The number of likely N-dealkylation sites (N-methyl/N-ethyl adjacent to an activating group) is 1. The van der Waals surface area contributed by atoms with Gasteiger partial charge < -0.3 is 30.3 Å². The molecule has 0 unspecified atom stereocenters. The fourth-order valence-electron chi connectivity index (χ4n) is 4.43. The van der Waals surface area contributed by atoms with E-state index in [0.717, 1.165) is 5.56 Å². The molecule has 0 radical (unpaired) electrons. The second-order valence-corrected chi connectivity index (χ2v) is 8.71. The van der Waals surface area contributed by atoms with E-state index in [4.69, 9.17) is 9.47 Å². The maximum absolute atomic E-state index is 13.3. The Morgan fingerprint density at radius 1 is 1.09 bits per heavy atom. The van der Waals surface area contributed by atoms with Gasteiger partial charge in [-0.15, -0.1) is 0 Å². The minimum atomic E-state index is -0.402. The van der Waals surface area contributed by atoms with Crippen LogP contribution >= 0.6 is 0 Å². The molecule has 1 saturated heterocycles. The van der Waals surface area contributed by atoms with Crippen molar-refractivity contribution in [1.82, 2.24) is 10.2 Å². The second-order valence-electron chi connectivity index (χ2n) is 8.71. The van der Waals surface area contributed by atoms with E-state index >= 15 is 0 Å². The smallest absolute Gasteiger partial charge is 0.323 e. The number of carbonyl (C=O) groups excluding carboxylic acids is 3. The molecular weight excluding hydrogens is 436 g/mol. The van der Waals surface area contributed by atoms with E-state index in [0.29, 0.717) is 35.5 Å². The first-order valence-corrected chi connectivity index (χ1v) is 11.4. The molecule has 2 aromatic carbocycles. The molecular formula is C25H30N4O5. The molecule has 180 valence electrons. The molecule has 4 rings (SSSR count). The first-order valence-electron chi connectivity index (χ1n) is 11.4. The third-order valence-corrected chi connectivity index (χ3v) is 6.24. The van der Waals surface area contributed by atoms with E-state index in [1.807, 2.05) is 25.1 Å². The zero-order chi connectivity index (χ0) is 24.2. The minimum absolute atomic E-state index is 0.0727. The quantitative estimate of drug-likeness (QED) is 0.641. The van der Waals surface area contributed by atoms with Gasteiger partial charge in [0.15, 0.2) is 0 Å². The molecule has 0 bridgehead atoms. The predicted octanol–water partition coefficient (Wildman–Crippen LogP) is 3.16. The van der Waals surface area contributed by atoms with Crippen molar-refractivity contribution in [2.75, 3.05) is 31.3 Å². The molecule has 9 nitrogen and oxygen atoms in total. The van der Waals surface area contributed by atoms with Crippen LogP contribution in [0.25, 0.3) is 0 Å². The van der Waals surface area contributed by atoms with Crippen molar-refractivity contribution in [3.63, 3.8) is 0 Å². The normalized spacial score (nSPS) is 21.8. The van der Waals surface area contributed by atoms with Gasteiger partial charge in [-0.05, 0) is 55.7 Å². The molecule has 1 fully saturated rings. The zero-order valence-electron chi connectivity index (χ0n) is 19.6. The summed E-state index contributed by atoms with van der Waals surface area (Å²) in [5.41, 5.74) is 2.58. The van der Waals surface area contributed by atoms with Crippen molar-refractivity contribution >= 4 is 29.2 Å². The van der Waals surface area contributed by atoms with Gasteiger partial charge in [0.1, 0.15) is 18.5 Å². The molecule has 2 aliphatic rings. The summed E-state index contributed by atoms with van der Waals surface area (Å²) in [6, 6.07) is 11.9. The van der Waals surface area contributed by atoms with Gasteiger partial charge in [-0.1, -0.05) is 12.1 Å². The number of nitrogens with zero attached hydrogens (tertiary/aromatic N) is 1. The Bertz CT molecular complexity index is 1090. The first kappa shape index (κ1) is 23.6. The van der Waals surface area contributed by atoms with Crippen molar-refractivity contribution < 1.29 is 23.9 Å². The number of fused-ring (bicyclic) bond motifs is 2. The summed E-state index contributed by atoms with van der Waals surface area (Å²) >= 11 is 0. The van der Waals surface area contributed by atoms with E-state index < -0.39 is 6.03 Å². The molecule has 2 aromatic rings. The standard InChI is InChI=1S/C25H30N4O5/c1-15-5-4-6-16(11-15)27-25(32)28-17-7-10-21-19(12-17)24(31)29(3)20-9-8-18(13-23(30)26-2)34-22(20)14-33-21/h4-7,10-12,18,20,22H,8-9,13-14H2,1-3H3,(H,26,30)(H2,27,28,32)/t18-,20+,22+/m0/s1. The van der Waals surface area contributed by atoms with Crippen LogP contribution in [0.15, 0.2) is 42.5 Å². The van der Waals surface area contributed by atoms with Crippen LogP contribution in [0.5, 0.6) is 5.75 Å². The van der Waals surface area contributed by atoms with Crippen molar-refractivity contribution in [2.45, 2.75) is 44.4 Å². The van der Waals surface area contributed by atoms with E-state index in [-0.39, 0.29) is 43.1 Å². The molecule has 0 saturated carbocycles. The van der Waals surface area contributed by atoms with E-state index in [1.165, 1.54) is 0 Å². The maximum atomic E-state index is 13.3. The summed E-state index contributed by atoms with van der Waals surface area (Å²) in [6.07, 6.45) is 1.14. The lowest BCUT2D eigenvalue weighted by atomic mass is 9.94. The van der Waals surface area contributed by atoms with Crippen LogP contribution < -0.4 is 20.7 Å². The van der Waals surface area contributed by atoms with Crippen molar-refractivity contribution in [3.8, 4) is 5.75 Å². The van der Waals surface area contributed by atoms with Gasteiger partial charge in [0.25, 0.3) is 5.91 Å². The van der Waals surface area contributed by atoms with E-state index in [9.17, 15) is 14.4 Å². The van der Waals surface area contributed by atoms with Crippen molar-refractivity contribution in [2.24, 2.45) is 0 Å². The largest absolute Gasteiger partial charge is 0.490 e. The van der Waals surface area contributed by atoms with Gasteiger partial charge >= 0.3 is 6.03 Å². The lowest BCUT2D eigenvalue weighted by Crippen LogP contribution is -2.53. The fraction of sp³-hybridized carbons (Fsp3) is 0.400. The number of aryl methyl sites for hydroxylation is 1. The Morgan fingerprint density at radius 3 is 2.59 bits per heavy atom. The number of urea groups is 1. The van der Waals surface area contributed by atoms with Crippen LogP contribution in [0, 0.1) is 6.92 Å². The number of carbonyl (C=O) groups is 3. The summed E-state index contributed by atoms with van der Waals surface area (Å²) in [4.78, 5) is 39.2. The van der Waals surface area contributed by atoms with Gasteiger partial charge in [-0.2, -0.15) is 0 Å². The number of hydrogen-bond acceptors (Lipinski definition) is 5. The molecule has 0 spiro atoms. The minimum Gasteiger partial charge on any atom is -0.490 e. The maximum Gasteiger partial charge on any atom is 0.323 e. The molecule has 2 heterocycles. The number of amides is 4. The summed E-state index contributed by atoms with van der Waals surface area (Å²) < 4.78 is 12.1. The van der Waals surface area contributed by atoms with Gasteiger partial charge in [0, 0.05) is 25.5 Å². The SMILES string of the molecule is CNC(=O)C[C@@H]1CC[C@@H]2[C@@H](COc3ccc(NC(=O)Nc4cccc(C)c4)cc3C(=O)N2C)O1. The van der Waals surface area contributed by atoms with Gasteiger partial charge in [-0.3, -0.25) is 9.59 Å². The third kappa shape index (κ3) is 5.31. The Balaban J connectivity index is 1.47. The van der Waals surface area contributed by atoms with Crippen LogP contribution in [0.2, 0.25) is 0 Å². The summed E-state index contributed by atoms with van der Waals surface area (Å²) in [5, 5.41) is 8.19. The average molecular weight is 467 g/mol. The molecule has 4 amide bonds. The monoisotopic (exact) mass is 466 g/mol. The van der Waals surface area contributed by atoms with Crippen LogP contribution in [0.1, 0.15) is 35.2 Å². The number of anilines is 2. The topological polar surface area (TPSA) is 109 Å². The fourth-order valence-corrected chi connectivity index (χ4v) is 4.43. The number of hydrogen-bond donors (Lipinski definition) is 3. The molecule has 0 aromatic heterocycles. The number of ether oxygens (including phenoxy) is 2. The van der Waals surface area contributed by atoms with Crippen molar-refractivity contribution in [1.29, 1.82) is 0 Å². The highest BCUT2D eigenvalue weighted by molar-refractivity contribution is 6.02. The number of nitrogens with one attached hydrogen (secondary N) is 3. The first-order chi connectivity index (χ1) is 16.3. The van der Waals surface area contributed by atoms with Gasteiger partial charge in [-0.25, -0.2) is 4.79 Å². The van der Waals surface area contributed by atoms with Gasteiger partial charge in [0.2, 0.25) is 5.91 Å². The van der Waals surface area contributed by atoms with Crippen LogP contribution in [-0.4, -0.2) is 61.7 Å². The molecule has 3 N–H and O–H groups in total. The van der Waals surface area contributed by atoms with Crippen molar-refractivity contribution in [3.05, 3.63) is 53.6 Å². The number of benzene rings is 2. The molecule has 0 aliphatic carbocycles. The second kappa shape index (κ2) is 10.1. The van der Waals surface area contributed by atoms with E-state index in [2.05, 4.69) is 16.0 Å². The molecule has 9 heteroatoms. The zero-order valence-corrected chi connectivity index (χ0v) is 19.6. The molecule has 2 aliphatic heterocycles. The lowest BCUT2D eigenvalue weighted by molar-refractivity contribution is -0.133. The number of rotatable bonds is 4. The Hall–Kier alpha value is -3.59. The Kier molecular flexibility index (Phi) is 7.02. The molecule has 34 heavy (non-hydrogen) atoms. The highest BCUT2D eigenvalue weighted by atomic mass is 16.5. The highest BCUT2D eigenvalue weighted by Crippen LogP contribution is 2.32. The van der Waals surface area contributed by atoms with Crippen LogP contribution in [0.3, 0.4) is 0 Å². The van der Waals surface area contributed by atoms with Crippen LogP contribution in [0.4, 0.5) is 16.2 Å². The molecule has 3 atom stereocenters. The highest BCUT2D eigenvalue weighted by Gasteiger charge is 2.39. The summed E-state index contributed by atoms with van der Waals surface area (Å²) in [7, 11) is 3.35. The lowest BCUT2D eigenvalue weighted by Gasteiger charge is -2.42. The van der Waals surface area contributed by atoms with Gasteiger partial charge in [0.05, 0.1) is 24.1 Å². The summed E-state index contributed by atoms with van der Waals surface area (Å²) in [5.74, 6) is 0.147. The average Bonchev–Trinajstić information content (AvgIpc) is 2.81.